The number of rotatable bonds is 6. The third kappa shape index (κ3) is 4.52. The number of nitrogens with zero attached hydrogens (tertiary/aromatic N) is 5. The van der Waals surface area contributed by atoms with E-state index < -0.39 is 25.8 Å². The van der Waals surface area contributed by atoms with Crippen LogP contribution in [-0.4, -0.2) is 55.4 Å². The standard InChI is InChI=1S/C23H29FN6O3S/c1-14(19-10-17(30-33-19)18-11-28-20(32-7)12-27-18)8-9-16(24)15(2)23(5)13-34(31,26-6)22(3,4)21(25)29-23/h8-12H,2,13H2,1,3-7H3,(H2,25,29)/b14-8+,16-9+/t23-,34?/m0/s1. The van der Waals surface area contributed by atoms with Crippen molar-refractivity contribution in [3.63, 3.8) is 0 Å². The predicted molar refractivity (Wildman–Crippen MR) is 132 cm³/mol. The van der Waals surface area contributed by atoms with E-state index in [2.05, 4.69) is 31.1 Å². The van der Waals surface area contributed by atoms with Crippen LogP contribution in [0.25, 0.3) is 17.0 Å². The lowest BCUT2D eigenvalue weighted by Gasteiger charge is -2.40. The van der Waals surface area contributed by atoms with E-state index in [1.165, 1.54) is 38.7 Å². The van der Waals surface area contributed by atoms with E-state index in [9.17, 15) is 4.21 Å². The first-order valence-corrected chi connectivity index (χ1v) is 12.1. The quantitative estimate of drug-likeness (QED) is 0.609. The van der Waals surface area contributed by atoms with Crippen LogP contribution in [-0.2, 0) is 9.73 Å². The molecular weight excluding hydrogens is 459 g/mol. The highest BCUT2D eigenvalue weighted by Gasteiger charge is 2.47. The fourth-order valence-corrected chi connectivity index (χ4v) is 5.70. The Hall–Kier alpha value is -3.34. The van der Waals surface area contributed by atoms with Crippen molar-refractivity contribution >= 4 is 21.1 Å². The van der Waals surface area contributed by atoms with Gasteiger partial charge in [-0.1, -0.05) is 17.8 Å². The van der Waals surface area contributed by atoms with Gasteiger partial charge >= 0.3 is 0 Å². The van der Waals surface area contributed by atoms with E-state index in [4.69, 9.17) is 15.0 Å². The van der Waals surface area contributed by atoms with Gasteiger partial charge in [0.1, 0.15) is 27.8 Å². The summed E-state index contributed by atoms with van der Waals surface area (Å²) in [7, 11) is 0.194. The molecule has 2 atom stereocenters. The molecule has 0 radical (unpaired) electrons. The molecule has 2 N–H and O–H groups in total. The van der Waals surface area contributed by atoms with Crippen molar-refractivity contribution in [2.75, 3.05) is 19.9 Å². The van der Waals surface area contributed by atoms with Gasteiger partial charge in [-0.2, -0.15) is 0 Å². The Bertz CT molecular complexity index is 1320. The molecule has 34 heavy (non-hydrogen) atoms. The lowest BCUT2D eigenvalue weighted by molar-refractivity contribution is 0.395. The van der Waals surface area contributed by atoms with Crippen LogP contribution in [0, 0.1) is 0 Å². The smallest absolute Gasteiger partial charge is 0.232 e. The van der Waals surface area contributed by atoms with E-state index in [1.54, 1.807) is 33.8 Å². The number of halogens is 1. The van der Waals surface area contributed by atoms with E-state index in [0.717, 1.165) is 0 Å². The van der Waals surface area contributed by atoms with Crippen molar-refractivity contribution in [3.8, 4) is 17.3 Å². The van der Waals surface area contributed by atoms with Gasteiger partial charge in [-0.15, -0.1) is 0 Å². The van der Waals surface area contributed by atoms with E-state index in [0.29, 0.717) is 28.6 Å². The second-order valence-electron chi connectivity index (χ2n) is 8.61. The summed E-state index contributed by atoms with van der Waals surface area (Å²) in [4.78, 5) is 12.8. The number of allylic oxidation sites excluding steroid dienone is 3. The van der Waals surface area contributed by atoms with Gasteiger partial charge in [0, 0.05) is 18.7 Å². The molecule has 0 aromatic carbocycles. The number of hydrogen-bond donors (Lipinski definition) is 1. The fourth-order valence-electron chi connectivity index (χ4n) is 3.38. The zero-order valence-electron chi connectivity index (χ0n) is 20.1. The topological polar surface area (TPSA) is 129 Å². The van der Waals surface area contributed by atoms with Crippen LogP contribution < -0.4 is 10.5 Å². The summed E-state index contributed by atoms with van der Waals surface area (Å²) in [5, 5.41) is 3.99. The Morgan fingerprint density at radius 1 is 1.29 bits per heavy atom. The minimum absolute atomic E-state index is 0.0152. The van der Waals surface area contributed by atoms with Crippen molar-refractivity contribution in [1.29, 1.82) is 0 Å². The van der Waals surface area contributed by atoms with Crippen LogP contribution in [0.5, 0.6) is 5.88 Å². The molecule has 3 heterocycles. The summed E-state index contributed by atoms with van der Waals surface area (Å²) in [6.07, 6.45) is 5.79. The van der Waals surface area contributed by atoms with Crippen LogP contribution in [0.4, 0.5) is 4.39 Å². The molecule has 0 saturated heterocycles. The van der Waals surface area contributed by atoms with Crippen molar-refractivity contribution in [1.82, 2.24) is 15.1 Å². The van der Waals surface area contributed by atoms with E-state index in [1.807, 2.05) is 0 Å². The molecule has 9 nitrogen and oxygen atoms in total. The number of nitrogens with two attached hydrogens (primary N) is 1. The SMILES string of the molecule is C=C(/C(F)=C\C=C(/C)c1cc(-c2cnc(OC)cn2)no1)[C@]1(C)CS(=O)(=NC)C(C)(C)C(N)=N1. The van der Waals surface area contributed by atoms with Gasteiger partial charge in [0.2, 0.25) is 5.88 Å². The molecule has 0 saturated carbocycles. The van der Waals surface area contributed by atoms with Gasteiger partial charge in [-0.3, -0.25) is 4.99 Å². The number of methoxy groups -OCH3 is 1. The maximum Gasteiger partial charge on any atom is 0.232 e. The molecule has 1 unspecified atom stereocenters. The number of aliphatic imine (C=N–C) groups is 1. The van der Waals surface area contributed by atoms with Gasteiger partial charge in [0.15, 0.2) is 5.76 Å². The highest BCUT2D eigenvalue weighted by Crippen LogP contribution is 2.38. The molecule has 182 valence electrons. The average Bonchev–Trinajstić information content (AvgIpc) is 3.31. The van der Waals surface area contributed by atoms with Crippen LogP contribution in [0.3, 0.4) is 0 Å². The monoisotopic (exact) mass is 488 g/mol. The summed E-state index contributed by atoms with van der Waals surface area (Å²) < 4.78 is 42.1. The normalized spacial score (nSPS) is 25.0. The molecular formula is C23H29FN6O3S. The lowest BCUT2D eigenvalue weighted by atomic mass is 9.93. The van der Waals surface area contributed by atoms with Crippen molar-refractivity contribution in [3.05, 3.63) is 54.4 Å². The van der Waals surface area contributed by atoms with Crippen molar-refractivity contribution in [2.24, 2.45) is 15.1 Å². The molecule has 0 fully saturated rings. The van der Waals surface area contributed by atoms with Crippen LogP contribution in [0.1, 0.15) is 33.5 Å². The second-order valence-corrected chi connectivity index (χ2v) is 11.6. The minimum atomic E-state index is -2.79. The molecule has 0 aliphatic carbocycles. The maximum absolute atomic E-state index is 15.1. The van der Waals surface area contributed by atoms with Crippen LogP contribution in [0.2, 0.25) is 0 Å². The second kappa shape index (κ2) is 9.13. The van der Waals surface area contributed by atoms with Gasteiger partial charge in [-0.25, -0.2) is 22.9 Å². The third-order valence-corrected chi connectivity index (χ3v) is 9.32. The summed E-state index contributed by atoms with van der Waals surface area (Å²) in [5.41, 5.74) is 6.60. The first-order valence-electron chi connectivity index (χ1n) is 10.4. The van der Waals surface area contributed by atoms with Crippen molar-refractivity contribution in [2.45, 2.75) is 38.0 Å². The highest BCUT2D eigenvalue weighted by atomic mass is 32.2. The Balaban J connectivity index is 1.84. The van der Waals surface area contributed by atoms with Crippen LogP contribution >= 0.6 is 0 Å². The summed E-state index contributed by atoms with van der Waals surface area (Å²) in [5.74, 6) is 0.378. The number of ether oxygens (including phenoxy) is 1. The Kier molecular flexibility index (Phi) is 6.79. The Morgan fingerprint density at radius 3 is 2.59 bits per heavy atom. The molecule has 0 spiro atoms. The summed E-state index contributed by atoms with van der Waals surface area (Å²) in [6, 6.07) is 1.68. The molecule has 0 amide bonds. The zero-order valence-corrected chi connectivity index (χ0v) is 20.9. The van der Waals surface area contributed by atoms with Crippen LogP contribution in [0.15, 0.2) is 62.5 Å². The summed E-state index contributed by atoms with van der Waals surface area (Å²) >= 11 is 0. The minimum Gasteiger partial charge on any atom is -0.480 e. The predicted octanol–water partition coefficient (Wildman–Crippen LogP) is 3.96. The van der Waals surface area contributed by atoms with Gasteiger partial charge < -0.3 is 15.0 Å². The maximum atomic E-state index is 15.1. The highest BCUT2D eigenvalue weighted by molar-refractivity contribution is 7.95. The summed E-state index contributed by atoms with van der Waals surface area (Å²) in [6.45, 7) is 10.7. The molecule has 2 aromatic rings. The third-order valence-electron chi connectivity index (χ3n) is 5.97. The van der Waals surface area contributed by atoms with Gasteiger partial charge in [0.25, 0.3) is 0 Å². The Morgan fingerprint density at radius 2 is 2.00 bits per heavy atom. The average molecular weight is 489 g/mol. The number of hydrogen-bond acceptors (Lipinski definition) is 9. The molecule has 1 aliphatic rings. The Labute approximate surface area is 198 Å². The van der Waals surface area contributed by atoms with Gasteiger partial charge in [-0.05, 0) is 39.3 Å². The first kappa shape index (κ1) is 25.3. The molecule has 1 aliphatic heterocycles. The first-order chi connectivity index (χ1) is 15.9. The van der Waals surface area contributed by atoms with Crippen molar-refractivity contribution < 1.29 is 17.9 Å². The number of amidine groups is 1. The van der Waals surface area contributed by atoms with E-state index >= 15 is 4.39 Å². The molecule has 0 bridgehead atoms. The number of aromatic nitrogens is 3. The molecule has 3 rings (SSSR count). The largest absolute Gasteiger partial charge is 0.480 e. The zero-order chi connectivity index (χ0) is 25.3. The lowest BCUT2D eigenvalue weighted by Crippen LogP contribution is -2.56. The molecule has 11 heteroatoms. The molecule has 2 aromatic heterocycles. The van der Waals surface area contributed by atoms with E-state index in [-0.39, 0.29) is 17.2 Å². The van der Waals surface area contributed by atoms with Gasteiger partial charge in [0.05, 0.1) is 40.5 Å². The fraction of sp³-hybridized carbons (Fsp3) is 0.391.